The van der Waals surface area contributed by atoms with Crippen molar-refractivity contribution in [2.45, 2.75) is 37.7 Å². The van der Waals surface area contributed by atoms with Gasteiger partial charge in [-0.2, -0.15) is 9.29 Å². The lowest BCUT2D eigenvalue weighted by atomic mass is 10.1. The Morgan fingerprint density at radius 2 is 2.04 bits per heavy atom. The average molecular weight is 377 g/mol. The molecule has 1 atom stereocenters. The van der Waals surface area contributed by atoms with Crippen molar-refractivity contribution in [3.8, 4) is 11.6 Å². The second-order valence-electron chi connectivity index (χ2n) is 6.34. The van der Waals surface area contributed by atoms with E-state index in [0.717, 1.165) is 18.4 Å². The smallest absolute Gasteiger partial charge is 0.246 e. The van der Waals surface area contributed by atoms with E-state index in [2.05, 4.69) is 9.97 Å². The number of nitrogens with zero attached hydrogens (tertiary/aromatic N) is 3. The second kappa shape index (κ2) is 7.59. The van der Waals surface area contributed by atoms with E-state index in [1.54, 1.807) is 31.3 Å². The Bertz CT molecular complexity index is 886. The minimum Gasteiger partial charge on any atom is -0.495 e. The molecule has 1 saturated heterocycles. The molecule has 0 spiro atoms. The first-order chi connectivity index (χ1) is 12.4. The van der Waals surface area contributed by atoms with Crippen molar-refractivity contribution in [1.29, 1.82) is 0 Å². The van der Waals surface area contributed by atoms with Gasteiger partial charge in [-0.1, -0.05) is 6.07 Å². The maximum absolute atomic E-state index is 13.1. The SMILES string of the molecule is COc1ccc(C)cc1S(=O)(=O)N1CCCC(Oc2ccnc(C)n2)C1. The van der Waals surface area contributed by atoms with Crippen LogP contribution in [-0.4, -0.2) is 49.0 Å². The normalized spacial score (nSPS) is 18.5. The van der Waals surface area contributed by atoms with Gasteiger partial charge in [-0.3, -0.25) is 0 Å². The molecule has 0 aliphatic carbocycles. The Kier molecular flexibility index (Phi) is 5.43. The summed E-state index contributed by atoms with van der Waals surface area (Å²) in [5.74, 6) is 1.44. The standard InChI is InChI=1S/C18H23N3O4S/c1-13-6-7-16(24-3)17(11-13)26(22,23)21-10-4-5-15(12-21)25-18-8-9-19-14(2)20-18/h6-9,11,15H,4-5,10,12H2,1-3H3. The molecule has 1 aromatic carbocycles. The molecule has 1 fully saturated rings. The van der Waals surface area contributed by atoms with Crippen LogP contribution in [0.3, 0.4) is 0 Å². The van der Waals surface area contributed by atoms with Crippen molar-refractivity contribution in [3.63, 3.8) is 0 Å². The van der Waals surface area contributed by atoms with Gasteiger partial charge < -0.3 is 9.47 Å². The molecule has 26 heavy (non-hydrogen) atoms. The molecule has 2 aromatic rings. The van der Waals surface area contributed by atoms with Gasteiger partial charge in [-0.05, 0) is 44.4 Å². The molecule has 0 amide bonds. The van der Waals surface area contributed by atoms with Crippen LogP contribution in [0.15, 0.2) is 35.4 Å². The van der Waals surface area contributed by atoms with E-state index >= 15 is 0 Å². The quantitative estimate of drug-likeness (QED) is 0.795. The maximum atomic E-state index is 13.1. The molecule has 2 heterocycles. The number of benzene rings is 1. The highest BCUT2D eigenvalue weighted by Gasteiger charge is 2.33. The first kappa shape index (κ1) is 18.6. The lowest BCUT2D eigenvalue weighted by molar-refractivity contribution is 0.124. The maximum Gasteiger partial charge on any atom is 0.246 e. The summed E-state index contributed by atoms with van der Waals surface area (Å²) in [4.78, 5) is 8.47. The van der Waals surface area contributed by atoms with E-state index in [1.807, 2.05) is 13.0 Å². The van der Waals surface area contributed by atoms with E-state index < -0.39 is 10.0 Å². The lowest BCUT2D eigenvalue weighted by Crippen LogP contribution is -2.44. The Morgan fingerprint density at radius 3 is 2.77 bits per heavy atom. The summed E-state index contributed by atoms with van der Waals surface area (Å²) >= 11 is 0. The molecule has 0 radical (unpaired) electrons. The van der Waals surface area contributed by atoms with Crippen LogP contribution in [0.1, 0.15) is 24.2 Å². The third-order valence-electron chi connectivity index (χ3n) is 4.32. The number of piperidine rings is 1. The molecule has 0 N–H and O–H groups in total. The summed E-state index contributed by atoms with van der Waals surface area (Å²) in [5.41, 5.74) is 0.866. The van der Waals surface area contributed by atoms with Gasteiger partial charge >= 0.3 is 0 Å². The molecular weight excluding hydrogens is 354 g/mol. The number of sulfonamides is 1. The van der Waals surface area contributed by atoms with Gasteiger partial charge in [0.2, 0.25) is 15.9 Å². The Morgan fingerprint density at radius 1 is 1.23 bits per heavy atom. The van der Waals surface area contributed by atoms with Crippen LogP contribution in [0.4, 0.5) is 0 Å². The van der Waals surface area contributed by atoms with Gasteiger partial charge in [-0.15, -0.1) is 0 Å². The highest BCUT2D eigenvalue weighted by atomic mass is 32.2. The van der Waals surface area contributed by atoms with Crippen LogP contribution in [0.5, 0.6) is 11.6 Å². The van der Waals surface area contributed by atoms with Crippen molar-refractivity contribution in [2.75, 3.05) is 20.2 Å². The third kappa shape index (κ3) is 3.96. The summed E-state index contributed by atoms with van der Waals surface area (Å²) in [6.45, 7) is 4.39. The zero-order chi connectivity index (χ0) is 18.7. The predicted octanol–water partition coefficient (Wildman–Crippen LogP) is 2.33. The van der Waals surface area contributed by atoms with Crippen molar-refractivity contribution in [1.82, 2.24) is 14.3 Å². The Hall–Kier alpha value is -2.19. The minimum absolute atomic E-state index is 0.193. The van der Waals surface area contributed by atoms with Gasteiger partial charge in [0.1, 0.15) is 22.6 Å². The fourth-order valence-corrected chi connectivity index (χ4v) is 4.77. The molecule has 1 unspecified atom stereocenters. The van der Waals surface area contributed by atoms with Crippen molar-refractivity contribution in [2.24, 2.45) is 0 Å². The van der Waals surface area contributed by atoms with Crippen LogP contribution in [0.2, 0.25) is 0 Å². The molecule has 1 aliphatic rings. The van der Waals surface area contributed by atoms with Crippen LogP contribution in [0, 0.1) is 13.8 Å². The Balaban J connectivity index is 1.81. The number of hydrogen-bond acceptors (Lipinski definition) is 6. The van der Waals surface area contributed by atoms with E-state index in [-0.39, 0.29) is 17.5 Å². The number of hydrogen-bond donors (Lipinski definition) is 0. The largest absolute Gasteiger partial charge is 0.495 e. The van der Waals surface area contributed by atoms with Gasteiger partial charge in [-0.25, -0.2) is 13.4 Å². The molecule has 1 aliphatic heterocycles. The zero-order valence-corrected chi connectivity index (χ0v) is 16.0. The molecule has 8 heteroatoms. The fourth-order valence-electron chi connectivity index (χ4n) is 3.02. The molecule has 3 rings (SSSR count). The second-order valence-corrected chi connectivity index (χ2v) is 8.25. The van der Waals surface area contributed by atoms with E-state index in [1.165, 1.54) is 11.4 Å². The number of rotatable bonds is 5. The highest BCUT2D eigenvalue weighted by molar-refractivity contribution is 7.89. The van der Waals surface area contributed by atoms with Gasteiger partial charge in [0.25, 0.3) is 0 Å². The minimum atomic E-state index is -3.67. The first-order valence-electron chi connectivity index (χ1n) is 8.51. The van der Waals surface area contributed by atoms with Crippen LogP contribution < -0.4 is 9.47 Å². The van der Waals surface area contributed by atoms with Crippen LogP contribution in [-0.2, 0) is 10.0 Å². The molecule has 140 valence electrons. The topological polar surface area (TPSA) is 81.6 Å². The van der Waals surface area contributed by atoms with Gasteiger partial charge in [0.15, 0.2) is 0 Å². The van der Waals surface area contributed by atoms with E-state index in [9.17, 15) is 8.42 Å². The van der Waals surface area contributed by atoms with E-state index in [4.69, 9.17) is 9.47 Å². The summed E-state index contributed by atoms with van der Waals surface area (Å²) < 4.78 is 38.9. The van der Waals surface area contributed by atoms with Crippen LogP contribution in [0.25, 0.3) is 0 Å². The highest BCUT2D eigenvalue weighted by Crippen LogP contribution is 2.30. The summed E-state index contributed by atoms with van der Waals surface area (Å²) in [6, 6.07) is 6.84. The number of methoxy groups -OCH3 is 1. The summed E-state index contributed by atoms with van der Waals surface area (Å²) in [5, 5.41) is 0. The lowest BCUT2D eigenvalue weighted by Gasteiger charge is -2.32. The first-order valence-corrected chi connectivity index (χ1v) is 9.95. The molecule has 0 saturated carbocycles. The third-order valence-corrected chi connectivity index (χ3v) is 6.20. The number of ether oxygens (including phenoxy) is 2. The van der Waals surface area contributed by atoms with Crippen LogP contribution >= 0.6 is 0 Å². The number of aromatic nitrogens is 2. The number of aryl methyl sites for hydroxylation is 2. The monoisotopic (exact) mass is 377 g/mol. The average Bonchev–Trinajstić information content (AvgIpc) is 2.62. The van der Waals surface area contributed by atoms with Crippen molar-refractivity contribution >= 4 is 10.0 Å². The van der Waals surface area contributed by atoms with Crippen molar-refractivity contribution in [3.05, 3.63) is 41.9 Å². The Labute approximate surface area is 154 Å². The summed E-state index contributed by atoms with van der Waals surface area (Å²) in [6.07, 6.45) is 2.89. The van der Waals surface area contributed by atoms with Gasteiger partial charge in [0, 0.05) is 18.8 Å². The zero-order valence-electron chi connectivity index (χ0n) is 15.2. The molecular formula is C18H23N3O4S. The van der Waals surface area contributed by atoms with Gasteiger partial charge in [0.05, 0.1) is 13.7 Å². The predicted molar refractivity (Wildman–Crippen MR) is 96.9 cm³/mol. The molecule has 0 bridgehead atoms. The fraction of sp³-hybridized carbons (Fsp3) is 0.444. The van der Waals surface area contributed by atoms with Crippen molar-refractivity contribution < 1.29 is 17.9 Å². The van der Waals surface area contributed by atoms with E-state index in [0.29, 0.717) is 24.0 Å². The molecule has 7 nitrogen and oxygen atoms in total. The molecule has 1 aromatic heterocycles. The summed E-state index contributed by atoms with van der Waals surface area (Å²) in [7, 11) is -2.19.